The number of imide groups is 1. The number of carbonyl (C=O) groups is 2. The molecule has 0 bridgehead atoms. The van der Waals surface area contributed by atoms with Gasteiger partial charge in [-0.05, 0) is 36.2 Å². The van der Waals surface area contributed by atoms with Crippen molar-refractivity contribution in [3.63, 3.8) is 0 Å². The molecule has 0 aromatic heterocycles. The van der Waals surface area contributed by atoms with Gasteiger partial charge in [0.1, 0.15) is 11.4 Å². The van der Waals surface area contributed by atoms with Crippen LogP contribution >= 0.6 is 11.6 Å². The van der Waals surface area contributed by atoms with Gasteiger partial charge in [-0.2, -0.15) is 0 Å². The average Bonchev–Trinajstić information content (AvgIpc) is 2.92. The van der Waals surface area contributed by atoms with Crippen molar-refractivity contribution in [3.05, 3.63) is 77.5 Å². The number of rotatable bonds is 8. The molecule has 28 heavy (non-hydrogen) atoms. The fraction of sp³-hybridized carbons (Fsp3) is 0.182. The van der Waals surface area contributed by atoms with Crippen molar-refractivity contribution >= 4 is 34.7 Å². The van der Waals surface area contributed by atoms with Gasteiger partial charge in [0.25, 0.3) is 11.8 Å². The van der Waals surface area contributed by atoms with E-state index in [2.05, 4.69) is 11.9 Å². The zero-order valence-electron chi connectivity index (χ0n) is 15.6. The van der Waals surface area contributed by atoms with E-state index in [1.807, 2.05) is 25.1 Å². The summed E-state index contributed by atoms with van der Waals surface area (Å²) in [6, 6.07) is 14.1. The Morgan fingerprint density at radius 3 is 2.57 bits per heavy atom. The number of nitrogens with one attached hydrogen (secondary N) is 1. The van der Waals surface area contributed by atoms with Crippen LogP contribution in [0.3, 0.4) is 0 Å². The number of anilines is 1. The second kappa shape index (κ2) is 8.76. The molecule has 0 radical (unpaired) electrons. The van der Waals surface area contributed by atoms with Crippen LogP contribution in [-0.2, 0) is 9.59 Å². The molecule has 0 fully saturated rings. The first-order valence-electron chi connectivity index (χ1n) is 9.02. The number of carbonyl (C=O) groups excluding carboxylic acids is 2. The summed E-state index contributed by atoms with van der Waals surface area (Å²) >= 11 is 5.97. The Morgan fingerprint density at radius 2 is 1.89 bits per heavy atom. The molecular weight excluding hydrogens is 376 g/mol. The zero-order chi connectivity index (χ0) is 20.1. The van der Waals surface area contributed by atoms with Gasteiger partial charge in [0, 0.05) is 23.3 Å². The highest BCUT2D eigenvalue weighted by atomic mass is 35.5. The van der Waals surface area contributed by atoms with Crippen LogP contribution in [0.15, 0.2) is 66.9 Å². The molecule has 3 rings (SSSR count). The Hall–Kier alpha value is -3.05. The second-order valence-corrected chi connectivity index (χ2v) is 6.70. The van der Waals surface area contributed by atoms with E-state index in [-0.39, 0.29) is 18.1 Å². The van der Waals surface area contributed by atoms with Crippen molar-refractivity contribution in [2.45, 2.75) is 13.3 Å². The summed E-state index contributed by atoms with van der Waals surface area (Å²) in [5, 5.41) is 3.66. The zero-order valence-corrected chi connectivity index (χ0v) is 16.3. The predicted molar refractivity (Wildman–Crippen MR) is 111 cm³/mol. The fourth-order valence-electron chi connectivity index (χ4n) is 2.90. The van der Waals surface area contributed by atoms with Crippen molar-refractivity contribution in [2.24, 2.45) is 0 Å². The lowest BCUT2D eigenvalue weighted by atomic mass is 10.0. The fourth-order valence-corrected chi connectivity index (χ4v) is 3.03. The van der Waals surface area contributed by atoms with Crippen molar-refractivity contribution < 1.29 is 14.3 Å². The normalized spacial score (nSPS) is 13.9. The van der Waals surface area contributed by atoms with E-state index in [1.54, 1.807) is 30.3 Å². The number of hydrogen-bond acceptors (Lipinski definition) is 4. The van der Waals surface area contributed by atoms with E-state index >= 15 is 0 Å². The third-order valence-corrected chi connectivity index (χ3v) is 4.44. The molecule has 6 heteroatoms. The first-order valence-corrected chi connectivity index (χ1v) is 9.40. The molecule has 1 aliphatic rings. The van der Waals surface area contributed by atoms with Crippen LogP contribution in [0, 0.1) is 0 Å². The van der Waals surface area contributed by atoms with Gasteiger partial charge in [-0.3, -0.25) is 14.5 Å². The van der Waals surface area contributed by atoms with Crippen LogP contribution in [0.1, 0.15) is 18.9 Å². The predicted octanol–water partition coefficient (Wildman–Crippen LogP) is 4.51. The Kier molecular flexibility index (Phi) is 6.16. The molecule has 1 aliphatic heterocycles. The third kappa shape index (κ3) is 4.10. The highest BCUT2D eigenvalue weighted by Gasteiger charge is 2.38. The maximum absolute atomic E-state index is 12.9. The van der Waals surface area contributed by atoms with Crippen LogP contribution < -0.4 is 10.1 Å². The smallest absolute Gasteiger partial charge is 0.278 e. The Morgan fingerprint density at radius 1 is 1.14 bits per heavy atom. The summed E-state index contributed by atoms with van der Waals surface area (Å²) < 4.78 is 5.65. The number of benzene rings is 2. The number of amides is 2. The molecule has 2 amide bonds. The molecule has 2 aromatic carbocycles. The van der Waals surface area contributed by atoms with Gasteiger partial charge in [0.2, 0.25) is 0 Å². The molecule has 0 spiro atoms. The van der Waals surface area contributed by atoms with Gasteiger partial charge in [-0.1, -0.05) is 42.8 Å². The molecule has 0 saturated heterocycles. The van der Waals surface area contributed by atoms with E-state index in [9.17, 15) is 9.59 Å². The summed E-state index contributed by atoms with van der Waals surface area (Å²) in [5.74, 6) is -0.0666. The summed E-state index contributed by atoms with van der Waals surface area (Å²) in [5.41, 5.74) is 1.82. The molecule has 1 heterocycles. The van der Waals surface area contributed by atoms with Crippen LogP contribution in [0.4, 0.5) is 5.69 Å². The first kappa shape index (κ1) is 19.7. The van der Waals surface area contributed by atoms with E-state index in [1.165, 1.54) is 6.08 Å². The second-order valence-electron chi connectivity index (χ2n) is 6.27. The number of ether oxygens (including phenoxy) is 1. The summed E-state index contributed by atoms with van der Waals surface area (Å²) in [6.07, 6.45) is 2.42. The maximum atomic E-state index is 12.9. The van der Waals surface area contributed by atoms with E-state index in [4.69, 9.17) is 16.3 Å². The molecule has 2 aromatic rings. The largest absolute Gasteiger partial charge is 0.494 e. The molecule has 144 valence electrons. The van der Waals surface area contributed by atoms with Crippen LogP contribution in [0.5, 0.6) is 5.75 Å². The number of hydrogen-bond donors (Lipinski definition) is 1. The van der Waals surface area contributed by atoms with Crippen molar-refractivity contribution in [1.29, 1.82) is 0 Å². The summed E-state index contributed by atoms with van der Waals surface area (Å²) in [4.78, 5) is 27.0. The van der Waals surface area contributed by atoms with Gasteiger partial charge < -0.3 is 10.1 Å². The maximum Gasteiger partial charge on any atom is 0.278 e. The molecule has 5 nitrogen and oxygen atoms in total. The molecular formula is C22H21ClN2O3. The molecule has 0 aliphatic carbocycles. The van der Waals surface area contributed by atoms with Crippen molar-refractivity contribution in [1.82, 2.24) is 4.90 Å². The standard InChI is InChI=1S/C22H21ClN2O3/c1-3-12-25-21(26)19(15-8-10-16(23)11-9-15)20(22(25)27)24-17-6-5-7-18(14-17)28-13-4-2/h3,5-11,14,24H,1,4,12-13H2,2H3. The minimum absolute atomic E-state index is 0.138. The highest BCUT2D eigenvalue weighted by Crippen LogP contribution is 2.31. The topological polar surface area (TPSA) is 58.6 Å². The Bertz CT molecular complexity index is 935. The van der Waals surface area contributed by atoms with Crippen molar-refractivity contribution in [2.75, 3.05) is 18.5 Å². The molecule has 0 saturated carbocycles. The minimum Gasteiger partial charge on any atom is -0.494 e. The highest BCUT2D eigenvalue weighted by molar-refractivity contribution is 6.37. The SMILES string of the molecule is C=CCN1C(=O)C(Nc2cccc(OCCC)c2)=C(c2ccc(Cl)cc2)C1=O. The van der Waals surface area contributed by atoms with Gasteiger partial charge in [-0.15, -0.1) is 6.58 Å². The molecule has 1 N–H and O–H groups in total. The molecule has 0 unspecified atom stereocenters. The third-order valence-electron chi connectivity index (χ3n) is 4.19. The summed E-state index contributed by atoms with van der Waals surface area (Å²) in [7, 11) is 0. The lowest BCUT2D eigenvalue weighted by Crippen LogP contribution is -2.32. The van der Waals surface area contributed by atoms with Crippen LogP contribution in [0.25, 0.3) is 5.57 Å². The number of halogens is 1. The van der Waals surface area contributed by atoms with E-state index in [0.29, 0.717) is 34.2 Å². The lowest BCUT2D eigenvalue weighted by Gasteiger charge is -2.13. The monoisotopic (exact) mass is 396 g/mol. The molecule has 0 atom stereocenters. The van der Waals surface area contributed by atoms with Gasteiger partial charge >= 0.3 is 0 Å². The van der Waals surface area contributed by atoms with E-state index < -0.39 is 5.91 Å². The van der Waals surface area contributed by atoms with Crippen LogP contribution in [0.2, 0.25) is 5.02 Å². The van der Waals surface area contributed by atoms with Gasteiger partial charge in [-0.25, -0.2) is 0 Å². The van der Waals surface area contributed by atoms with Gasteiger partial charge in [0.15, 0.2) is 0 Å². The lowest BCUT2D eigenvalue weighted by molar-refractivity contribution is -0.136. The average molecular weight is 397 g/mol. The van der Waals surface area contributed by atoms with E-state index in [0.717, 1.165) is 11.3 Å². The van der Waals surface area contributed by atoms with Crippen molar-refractivity contribution in [3.8, 4) is 5.75 Å². The van der Waals surface area contributed by atoms with Gasteiger partial charge in [0.05, 0.1) is 12.2 Å². The summed E-state index contributed by atoms with van der Waals surface area (Å²) in [6.45, 7) is 6.40. The first-order chi connectivity index (χ1) is 13.5. The minimum atomic E-state index is -0.394. The Balaban J connectivity index is 2.00. The number of nitrogens with zero attached hydrogens (tertiary/aromatic N) is 1. The van der Waals surface area contributed by atoms with Crippen LogP contribution in [-0.4, -0.2) is 29.9 Å². The Labute approximate surface area is 169 Å². The quantitative estimate of drug-likeness (QED) is 0.527.